The highest BCUT2D eigenvalue weighted by atomic mass is 16.5. The third-order valence-corrected chi connectivity index (χ3v) is 1.87. The van der Waals surface area contributed by atoms with Crippen LogP contribution in [0.2, 0.25) is 0 Å². The Hall–Kier alpha value is -1.84. The van der Waals surface area contributed by atoms with E-state index in [2.05, 4.69) is 16.6 Å². The number of hydrogen-bond acceptors (Lipinski definition) is 4. The molecule has 0 N–H and O–H groups in total. The number of esters is 1. The number of nitrogens with zero attached hydrogens (tertiary/aromatic N) is 2. The molecular formula is C10H12N2O2. The summed E-state index contributed by atoms with van der Waals surface area (Å²) in [6.07, 6.45) is 0. The van der Waals surface area contributed by atoms with Crippen LogP contribution in [0.15, 0.2) is 29.4 Å². The molecule has 0 atom stereocenters. The Morgan fingerprint density at radius 1 is 1.43 bits per heavy atom. The fourth-order valence-corrected chi connectivity index (χ4v) is 1.01. The van der Waals surface area contributed by atoms with Gasteiger partial charge >= 0.3 is 5.97 Å². The summed E-state index contributed by atoms with van der Waals surface area (Å²) >= 11 is 0. The van der Waals surface area contributed by atoms with Gasteiger partial charge in [-0.2, -0.15) is 5.10 Å². The Bertz CT molecular complexity index is 332. The second-order valence-electron chi connectivity index (χ2n) is 2.70. The lowest BCUT2D eigenvalue weighted by molar-refractivity contribution is 0.0601. The maximum absolute atomic E-state index is 11.1. The standard InChI is InChI=1S/C10H12N2O2/c1-11-12(2)9-6-4-8(5-7-9)10(13)14-3/h4-7H,1H2,2-3H3. The normalized spacial score (nSPS) is 9.29. The molecule has 1 aromatic rings. The molecule has 0 saturated carbocycles. The average Bonchev–Trinajstić information content (AvgIpc) is 2.27. The van der Waals surface area contributed by atoms with Gasteiger partial charge in [0.2, 0.25) is 0 Å². The zero-order valence-corrected chi connectivity index (χ0v) is 8.23. The number of ether oxygens (including phenoxy) is 1. The summed E-state index contributed by atoms with van der Waals surface area (Å²) in [6, 6.07) is 6.92. The van der Waals surface area contributed by atoms with Crippen molar-refractivity contribution in [1.29, 1.82) is 0 Å². The molecule has 0 aromatic heterocycles. The smallest absolute Gasteiger partial charge is 0.337 e. The van der Waals surface area contributed by atoms with Crippen LogP contribution in [0.1, 0.15) is 10.4 Å². The first kappa shape index (κ1) is 10.2. The molecule has 74 valence electrons. The number of rotatable bonds is 3. The van der Waals surface area contributed by atoms with E-state index in [1.807, 2.05) is 0 Å². The Morgan fingerprint density at radius 2 is 2.00 bits per heavy atom. The van der Waals surface area contributed by atoms with E-state index in [1.54, 1.807) is 36.3 Å². The van der Waals surface area contributed by atoms with Crippen LogP contribution in [0.4, 0.5) is 5.69 Å². The first-order valence-electron chi connectivity index (χ1n) is 4.07. The van der Waals surface area contributed by atoms with Gasteiger partial charge in [-0.15, -0.1) is 0 Å². The van der Waals surface area contributed by atoms with Crippen molar-refractivity contribution in [2.45, 2.75) is 0 Å². The summed E-state index contributed by atoms with van der Waals surface area (Å²) in [6.45, 7) is 3.39. The SMILES string of the molecule is C=NN(C)c1ccc(C(=O)OC)cc1. The van der Waals surface area contributed by atoms with Crippen molar-refractivity contribution in [2.24, 2.45) is 5.10 Å². The van der Waals surface area contributed by atoms with Crippen LogP contribution in [0.25, 0.3) is 0 Å². The highest BCUT2D eigenvalue weighted by Gasteiger charge is 2.04. The molecule has 0 aliphatic heterocycles. The van der Waals surface area contributed by atoms with Crippen molar-refractivity contribution in [2.75, 3.05) is 19.2 Å². The molecule has 0 spiro atoms. The van der Waals surface area contributed by atoms with Crippen molar-refractivity contribution in [1.82, 2.24) is 0 Å². The second-order valence-corrected chi connectivity index (χ2v) is 2.70. The molecule has 0 unspecified atom stereocenters. The fraction of sp³-hybridized carbons (Fsp3) is 0.200. The van der Waals surface area contributed by atoms with Gasteiger partial charge in [-0.1, -0.05) is 0 Å². The first-order valence-corrected chi connectivity index (χ1v) is 4.07. The minimum Gasteiger partial charge on any atom is -0.465 e. The van der Waals surface area contributed by atoms with Gasteiger partial charge in [0.25, 0.3) is 0 Å². The number of benzene rings is 1. The summed E-state index contributed by atoms with van der Waals surface area (Å²) in [4.78, 5) is 11.1. The van der Waals surface area contributed by atoms with Gasteiger partial charge in [-0.25, -0.2) is 4.79 Å². The minimum atomic E-state index is -0.342. The van der Waals surface area contributed by atoms with Crippen molar-refractivity contribution < 1.29 is 9.53 Å². The summed E-state index contributed by atoms with van der Waals surface area (Å²) < 4.78 is 4.57. The topological polar surface area (TPSA) is 41.9 Å². The van der Waals surface area contributed by atoms with Crippen LogP contribution < -0.4 is 5.01 Å². The molecule has 0 aliphatic carbocycles. The van der Waals surface area contributed by atoms with Gasteiger partial charge in [0.1, 0.15) is 0 Å². The van der Waals surface area contributed by atoms with Crippen molar-refractivity contribution >= 4 is 18.4 Å². The maximum atomic E-state index is 11.1. The number of methoxy groups -OCH3 is 1. The van der Waals surface area contributed by atoms with Gasteiger partial charge in [0, 0.05) is 13.8 Å². The van der Waals surface area contributed by atoms with Gasteiger partial charge in [-0.3, -0.25) is 5.01 Å². The molecule has 0 radical (unpaired) electrons. The Labute approximate surface area is 82.8 Å². The third-order valence-electron chi connectivity index (χ3n) is 1.87. The average molecular weight is 192 g/mol. The Kier molecular flexibility index (Phi) is 3.23. The van der Waals surface area contributed by atoms with E-state index in [9.17, 15) is 4.79 Å². The molecule has 0 aliphatic rings. The van der Waals surface area contributed by atoms with E-state index in [-0.39, 0.29) is 5.97 Å². The van der Waals surface area contributed by atoms with E-state index in [1.165, 1.54) is 7.11 Å². The first-order chi connectivity index (χ1) is 6.69. The highest BCUT2D eigenvalue weighted by molar-refractivity contribution is 5.89. The number of carbonyl (C=O) groups excluding carboxylic acids is 1. The molecular weight excluding hydrogens is 180 g/mol. The fourth-order valence-electron chi connectivity index (χ4n) is 1.01. The monoisotopic (exact) mass is 192 g/mol. The van der Waals surface area contributed by atoms with Crippen molar-refractivity contribution in [3.8, 4) is 0 Å². The predicted octanol–water partition coefficient (Wildman–Crippen LogP) is 1.52. The van der Waals surface area contributed by atoms with E-state index in [0.717, 1.165) is 5.69 Å². The number of hydrazone groups is 1. The van der Waals surface area contributed by atoms with Crippen LogP contribution in [0.3, 0.4) is 0 Å². The van der Waals surface area contributed by atoms with E-state index in [4.69, 9.17) is 0 Å². The number of carbonyl (C=O) groups is 1. The van der Waals surface area contributed by atoms with Crippen LogP contribution in [-0.2, 0) is 4.74 Å². The third kappa shape index (κ3) is 2.10. The lowest BCUT2D eigenvalue weighted by Crippen LogP contribution is -2.07. The van der Waals surface area contributed by atoms with Crippen molar-refractivity contribution in [3.05, 3.63) is 29.8 Å². The molecule has 14 heavy (non-hydrogen) atoms. The molecule has 0 heterocycles. The molecule has 0 bridgehead atoms. The quantitative estimate of drug-likeness (QED) is 0.414. The summed E-state index contributed by atoms with van der Waals surface area (Å²) in [5.74, 6) is -0.342. The largest absolute Gasteiger partial charge is 0.465 e. The maximum Gasteiger partial charge on any atom is 0.337 e. The predicted molar refractivity (Wildman–Crippen MR) is 55.7 cm³/mol. The molecule has 0 amide bonds. The van der Waals surface area contributed by atoms with Crippen LogP contribution in [-0.4, -0.2) is 26.8 Å². The minimum absolute atomic E-state index is 0.342. The van der Waals surface area contributed by atoms with Crippen molar-refractivity contribution in [3.63, 3.8) is 0 Å². The molecule has 1 aromatic carbocycles. The molecule has 0 saturated heterocycles. The van der Waals surface area contributed by atoms with Crippen LogP contribution in [0, 0.1) is 0 Å². The van der Waals surface area contributed by atoms with E-state index in [0.29, 0.717) is 5.56 Å². The molecule has 0 fully saturated rings. The van der Waals surface area contributed by atoms with Gasteiger partial charge in [-0.05, 0) is 24.3 Å². The van der Waals surface area contributed by atoms with Crippen LogP contribution in [0.5, 0.6) is 0 Å². The lowest BCUT2D eigenvalue weighted by atomic mass is 10.2. The Morgan fingerprint density at radius 3 is 2.43 bits per heavy atom. The van der Waals surface area contributed by atoms with Gasteiger partial charge in [0.15, 0.2) is 0 Å². The van der Waals surface area contributed by atoms with Crippen LogP contribution >= 0.6 is 0 Å². The second kappa shape index (κ2) is 4.41. The summed E-state index contributed by atoms with van der Waals surface area (Å²) in [5.41, 5.74) is 1.39. The van der Waals surface area contributed by atoms with Gasteiger partial charge in [0.05, 0.1) is 18.4 Å². The summed E-state index contributed by atoms with van der Waals surface area (Å²) in [5, 5.41) is 5.33. The summed E-state index contributed by atoms with van der Waals surface area (Å²) in [7, 11) is 3.13. The molecule has 4 nitrogen and oxygen atoms in total. The molecule has 4 heteroatoms. The van der Waals surface area contributed by atoms with E-state index < -0.39 is 0 Å². The number of anilines is 1. The zero-order valence-electron chi connectivity index (χ0n) is 8.23. The lowest BCUT2D eigenvalue weighted by Gasteiger charge is -2.11. The Balaban J connectivity index is 2.88. The van der Waals surface area contributed by atoms with Gasteiger partial charge < -0.3 is 4.74 Å². The van der Waals surface area contributed by atoms with E-state index >= 15 is 0 Å². The zero-order chi connectivity index (χ0) is 10.6. The highest BCUT2D eigenvalue weighted by Crippen LogP contribution is 2.13. The number of hydrogen-bond donors (Lipinski definition) is 0. The molecule has 1 rings (SSSR count).